The van der Waals surface area contributed by atoms with E-state index in [0.29, 0.717) is 30.0 Å². The summed E-state index contributed by atoms with van der Waals surface area (Å²) in [7, 11) is 1.86. The van der Waals surface area contributed by atoms with E-state index < -0.39 is 0 Å². The summed E-state index contributed by atoms with van der Waals surface area (Å²) >= 11 is 0. The summed E-state index contributed by atoms with van der Waals surface area (Å²) in [6.45, 7) is 9.48. The molecule has 4 nitrogen and oxygen atoms in total. The zero-order chi connectivity index (χ0) is 13.0. The van der Waals surface area contributed by atoms with Crippen LogP contribution in [0.4, 0.5) is 0 Å². The van der Waals surface area contributed by atoms with E-state index >= 15 is 0 Å². The Balaban J connectivity index is 2.52. The number of aromatic nitrogens is 2. The van der Waals surface area contributed by atoms with E-state index in [4.69, 9.17) is 0 Å². The van der Waals surface area contributed by atoms with Crippen molar-refractivity contribution >= 4 is 5.91 Å². The van der Waals surface area contributed by atoms with E-state index in [-0.39, 0.29) is 5.91 Å². The molecule has 1 amide bonds. The van der Waals surface area contributed by atoms with E-state index in [1.165, 1.54) is 0 Å². The fourth-order valence-corrected chi connectivity index (χ4v) is 2.07. The number of imidazole rings is 1. The van der Waals surface area contributed by atoms with Crippen LogP contribution in [0.15, 0.2) is 12.5 Å². The molecule has 0 aliphatic heterocycles. The fourth-order valence-electron chi connectivity index (χ4n) is 2.07. The second-order valence-corrected chi connectivity index (χ2v) is 5.29. The molecule has 0 atom stereocenters. The van der Waals surface area contributed by atoms with Gasteiger partial charge in [-0.2, -0.15) is 0 Å². The lowest BCUT2D eigenvalue weighted by Crippen LogP contribution is -2.34. The summed E-state index contributed by atoms with van der Waals surface area (Å²) in [6.07, 6.45) is 3.37. The second-order valence-electron chi connectivity index (χ2n) is 5.29. The van der Waals surface area contributed by atoms with Gasteiger partial charge in [-0.1, -0.05) is 27.7 Å². The minimum absolute atomic E-state index is 0.0862. The van der Waals surface area contributed by atoms with Crippen LogP contribution in [0.3, 0.4) is 0 Å². The molecule has 0 fully saturated rings. The van der Waals surface area contributed by atoms with Gasteiger partial charge in [-0.25, -0.2) is 4.98 Å². The summed E-state index contributed by atoms with van der Waals surface area (Å²) < 4.78 is 1.78. The number of amides is 1. The van der Waals surface area contributed by atoms with Gasteiger partial charge in [0, 0.05) is 19.8 Å². The number of hydrogen-bond acceptors (Lipinski definition) is 2. The van der Waals surface area contributed by atoms with Gasteiger partial charge in [0.05, 0.1) is 6.33 Å². The summed E-state index contributed by atoms with van der Waals surface area (Å²) in [5, 5.41) is 2.96. The van der Waals surface area contributed by atoms with Crippen LogP contribution in [0.25, 0.3) is 0 Å². The van der Waals surface area contributed by atoms with Crippen molar-refractivity contribution in [3.63, 3.8) is 0 Å². The first-order chi connectivity index (χ1) is 7.91. The number of carbonyl (C=O) groups excluding carboxylic acids is 1. The Morgan fingerprint density at radius 2 is 1.94 bits per heavy atom. The number of carbonyl (C=O) groups is 1. The quantitative estimate of drug-likeness (QED) is 0.852. The van der Waals surface area contributed by atoms with Crippen molar-refractivity contribution in [2.24, 2.45) is 24.8 Å². The highest BCUT2D eigenvalue weighted by Gasteiger charge is 2.19. The first-order valence-electron chi connectivity index (χ1n) is 6.18. The molecule has 1 rings (SSSR count). The molecule has 4 heteroatoms. The third-order valence-electron chi connectivity index (χ3n) is 3.15. The summed E-state index contributed by atoms with van der Waals surface area (Å²) in [5.74, 6) is 1.55. The number of rotatable bonds is 5. The van der Waals surface area contributed by atoms with Gasteiger partial charge in [0.2, 0.25) is 0 Å². The van der Waals surface area contributed by atoms with Crippen molar-refractivity contribution < 1.29 is 4.79 Å². The minimum Gasteiger partial charge on any atom is -0.350 e. The maximum absolute atomic E-state index is 11.8. The lowest BCUT2D eigenvalue weighted by Gasteiger charge is -2.24. The molecule has 0 radical (unpaired) electrons. The molecule has 0 aliphatic carbocycles. The molecule has 1 aromatic rings. The highest BCUT2D eigenvalue weighted by molar-refractivity contribution is 5.91. The molecule has 96 valence electrons. The highest BCUT2D eigenvalue weighted by atomic mass is 16.1. The van der Waals surface area contributed by atoms with Gasteiger partial charge in [0.1, 0.15) is 5.69 Å². The summed E-state index contributed by atoms with van der Waals surface area (Å²) in [6, 6.07) is 0. The van der Waals surface area contributed by atoms with Crippen LogP contribution in [-0.4, -0.2) is 22.0 Å². The molecule has 1 heterocycles. The van der Waals surface area contributed by atoms with Gasteiger partial charge >= 0.3 is 0 Å². The third-order valence-corrected chi connectivity index (χ3v) is 3.15. The largest absolute Gasteiger partial charge is 0.350 e. The zero-order valence-corrected chi connectivity index (χ0v) is 11.4. The van der Waals surface area contributed by atoms with Crippen LogP contribution < -0.4 is 5.32 Å². The lowest BCUT2D eigenvalue weighted by molar-refractivity contribution is 0.0932. The molecule has 0 bridgehead atoms. The Morgan fingerprint density at radius 3 is 2.35 bits per heavy atom. The number of nitrogens with zero attached hydrogens (tertiary/aromatic N) is 2. The molecule has 0 saturated heterocycles. The lowest BCUT2D eigenvalue weighted by atomic mass is 9.85. The third kappa shape index (κ3) is 3.88. The van der Waals surface area contributed by atoms with Gasteiger partial charge in [0.15, 0.2) is 0 Å². The van der Waals surface area contributed by atoms with Crippen molar-refractivity contribution in [3.8, 4) is 0 Å². The molecular formula is C13H23N3O. The second kappa shape index (κ2) is 5.84. The Bertz CT molecular complexity index is 360. The molecule has 0 aromatic carbocycles. The maximum atomic E-state index is 11.8. The molecule has 1 N–H and O–H groups in total. The van der Waals surface area contributed by atoms with E-state index in [9.17, 15) is 4.79 Å². The predicted octanol–water partition coefficient (Wildman–Crippen LogP) is 2.08. The fraction of sp³-hybridized carbons (Fsp3) is 0.692. The van der Waals surface area contributed by atoms with Gasteiger partial charge in [0.25, 0.3) is 5.91 Å². The standard InChI is InChI=1S/C13H23N3O/c1-9(2)11(10(3)4)6-14-13(17)12-7-16(5)8-15-12/h7-11H,6H2,1-5H3,(H,14,17). The molecule has 0 unspecified atom stereocenters. The summed E-state index contributed by atoms with van der Waals surface area (Å²) in [4.78, 5) is 15.9. The van der Waals surface area contributed by atoms with Crippen LogP contribution in [-0.2, 0) is 7.05 Å². The Morgan fingerprint density at radius 1 is 1.35 bits per heavy atom. The van der Waals surface area contributed by atoms with E-state index in [2.05, 4.69) is 38.0 Å². The average molecular weight is 237 g/mol. The number of nitrogens with one attached hydrogen (secondary N) is 1. The Hall–Kier alpha value is -1.32. The highest BCUT2D eigenvalue weighted by Crippen LogP contribution is 2.19. The van der Waals surface area contributed by atoms with Crippen molar-refractivity contribution in [2.75, 3.05) is 6.54 Å². The Kier molecular flexibility index (Phi) is 4.73. The molecule has 0 spiro atoms. The van der Waals surface area contributed by atoms with Crippen LogP contribution in [0.2, 0.25) is 0 Å². The van der Waals surface area contributed by atoms with E-state index in [1.54, 1.807) is 17.1 Å². The van der Waals surface area contributed by atoms with E-state index in [1.807, 2.05) is 7.05 Å². The van der Waals surface area contributed by atoms with Gasteiger partial charge in [-0.05, 0) is 17.8 Å². The first kappa shape index (κ1) is 13.7. The van der Waals surface area contributed by atoms with Gasteiger partial charge < -0.3 is 9.88 Å². The maximum Gasteiger partial charge on any atom is 0.271 e. The first-order valence-corrected chi connectivity index (χ1v) is 6.18. The minimum atomic E-state index is -0.0862. The zero-order valence-electron chi connectivity index (χ0n) is 11.4. The SMILES string of the molecule is CC(C)C(CNC(=O)c1cn(C)cn1)C(C)C. The predicted molar refractivity (Wildman–Crippen MR) is 68.7 cm³/mol. The molecule has 17 heavy (non-hydrogen) atoms. The van der Waals surface area contributed by atoms with Crippen LogP contribution in [0.5, 0.6) is 0 Å². The molecule has 0 aliphatic rings. The van der Waals surface area contributed by atoms with Gasteiger partial charge in [-0.3, -0.25) is 4.79 Å². The smallest absolute Gasteiger partial charge is 0.271 e. The van der Waals surface area contributed by atoms with Crippen LogP contribution in [0.1, 0.15) is 38.2 Å². The molecule has 1 aromatic heterocycles. The monoisotopic (exact) mass is 237 g/mol. The van der Waals surface area contributed by atoms with Crippen molar-refractivity contribution in [2.45, 2.75) is 27.7 Å². The van der Waals surface area contributed by atoms with Crippen molar-refractivity contribution in [1.82, 2.24) is 14.9 Å². The van der Waals surface area contributed by atoms with Crippen molar-refractivity contribution in [3.05, 3.63) is 18.2 Å². The molecular weight excluding hydrogens is 214 g/mol. The molecule has 0 saturated carbocycles. The van der Waals surface area contributed by atoms with Crippen LogP contribution in [0, 0.1) is 17.8 Å². The van der Waals surface area contributed by atoms with Crippen LogP contribution >= 0.6 is 0 Å². The normalized spacial score (nSPS) is 11.5. The van der Waals surface area contributed by atoms with Gasteiger partial charge in [-0.15, -0.1) is 0 Å². The Labute approximate surface area is 103 Å². The van der Waals surface area contributed by atoms with Crippen molar-refractivity contribution in [1.29, 1.82) is 0 Å². The summed E-state index contributed by atoms with van der Waals surface area (Å²) in [5.41, 5.74) is 0.485. The van der Waals surface area contributed by atoms with E-state index in [0.717, 1.165) is 0 Å². The topological polar surface area (TPSA) is 46.9 Å². The number of aryl methyl sites for hydroxylation is 1. The average Bonchev–Trinajstić information content (AvgIpc) is 2.63. The number of hydrogen-bond donors (Lipinski definition) is 1.